The second-order valence-electron chi connectivity index (χ2n) is 5.30. The van der Waals surface area contributed by atoms with Gasteiger partial charge in [-0.3, -0.25) is 0 Å². The van der Waals surface area contributed by atoms with Crippen molar-refractivity contribution in [3.8, 4) is 0 Å². The summed E-state index contributed by atoms with van der Waals surface area (Å²) in [7, 11) is 0. The first-order valence-corrected chi connectivity index (χ1v) is 9.33. The molecule has 0 aliphatic rings. The standard InChI is InChI=1S/C16H25N3S2/c1-5-14-15(10-17-6-2)21-16(18-14)19(12(3)4)11-13-8-7-9-20-13/h7-9,12,17H,5-6,10-11H2,1-4H3. The van der Waals surface area contributed by atoms with E-state index in [1.54, 1.807) is 0 Å². The fraction of sp³-hybridized carbons (Fsp3) is 0.562. The molecule has 2 heterocycles. The molecule has 0 atom stereocenters. The van der Waals surface area contributed by atoms with E-state index in [0.29, 0.717) is 6.04 Å². The first-order valence-electron chi connectivity index (χ1n) is 7.64. The quantitative estimate of drug-likeness (QED) is 0.785. The molecular formula is C16H25N3S2. The van der Waals surface area contributed by atoms with E-state index in [2.05, 4.69) is 55.4 Å². The van der Waals surface area contributed by atoms with Crippen molar-refractivity contribution >= 4 is 27.8 Å². The van der Waals surface area contributed by atoms with Crippen LogP contribution in [0.25, 0.3) is 0 Å². The van der Waals surface area contributed by atoms with E-state index in [4.69, 9.17) is 4.98 Å². The van der Waals surface area contributed by atoms with Gasteiger partial charge in [0, 0.05) is 22.3 Å². The third-order valence-corrected chi connectivity index (χ3v) is 5.41. The van der Waals surface area contributed by atoms with Gasteiger partial charge in [-0.05, 0) is 38.3 Å². The summed E-state index contributed by atoms with van der Waals surface area (Å²) in [5, 5.41) is 6.72. The number of nitrogens with zero attached hydrogens (tertiary/aromatic N) is 2. The van der Waals surface area contributed by atoms with Crippen molar-refractivity contribution in [2.75, 3.05) is 11.4 Å². The average Bonchev–Trinajstić information content (AvgIpc) is 3.11. The fourth-order valence-corrected chi connectivity index (χ4v) is 4.14. The highest BCUT2D eigenvalue weighted by Crippen LogP contribution is 2.30. The maximum absolute atomic E-state index is 4.89. The van der Waals surface area contributed by atoms with Crippen molar-refractivity contribution < 1.29 is 0 Å². The fourth-order valence-electron chi connectivity index (χ4n) is 2.19. The summed E-state index contributed by atoms with van der Waals surface area (Å²) < 4.78 is 0. The molecule has 2 rings (SSSR count). The van der Waals surface area contributed by atoms with Gasteiger partial charge in [-0.15, -0.1) is 22.7 Å². The Morgan fingerprint density at radius 2 is 2.14 bits per heavy atom. The number of thiazole rings is 1. The van der Waals surface area contributed by atoms with E-state index >= 15 is 0 Å². The number of rotatable bonds is 8. The second-order valence-corrected chi connectivity index (χ2v) is 7.40. The molecule has 0 fully saturated rings. The van der Waals surface area contributed by atoms with Gasteiger partial charge in [-0.25, -0.2) is 4.98 Å². The van der Waals surface area contributed by atoms with Crippen LogP contribution < -0.4 is 10.2 Å². The Morgan fingerprint density at radius 3 is 2.71 bits per heavy atom. The van der Waals surface area contributed by atoms with Crippen molar-refractivity contribution in [2.45, 2.75) is 53.2 Å². The van der Waals surface area contributed by atoms with Crippen LogP contribution in [0.1, 0.15) is 43.1 Å². The topological polar surface area (TPSA) is 28.2 Å². The molecule has 5 heteroatoms. The largest absolute Gasteiger partial charge is 0.341 e. The Hall–Kier alpha value is -0.910. The first kappa shape index (κ1) is 16.5. The lowest BCUT2D eigenvalue weighted by molar-refractivity contribution is 0.683. The molecule has 0 radical (unpaired) electrons. The van der Waals surface area contributed by atoms with Crippen LogP contribution in [0.3, 0.4) is 0 Å². The van der Waals surface area contributed by atoms with Crippen molar-refractivity contribution in [3.05, 3.63) is 33.0 Å². The maximum atomic E-state index is 4.89. The predicted molar refractivity (Wildman–Crippen MR) is 94.5 cm³/mol. The smallest absolute Gasteiger partial charge is 0.186 e. The molecule has 2 aromatic heterocycles. The molecule has 0 aliphatic heterocycles. The molecule has 2 aromatic rings. The van der Waals surface area contributed by atoms with Crippen molar-refractivity contribution in [1.82, 2.24) is 10.3 Å². The predicted octanol–water partition coefficient (Wildman–Crippen LogP) is 4.29. The van der Waals surface area contributed by atoms with E-state index in [1.165, 1.54) is 15.4 Å². The molecule has 0 unspecified atom stereocenters. The molecule has 0 spiro atoms. The Bertz CT molecular complexity index is 532. The van der Waals surface area contributed by atoms with Crippen LogP contribution in [0, 0.1) is 0 Å². The molecule has 0 aromatic carbocycles. The van der Waals surface area contributed by atoms with E-state index in [-0.39, 0.29) is 0 Å². The minimum absolute atomic E-state index is 0.454. The molecule has 0 saturated carbocycles. The van der Waals surface area contributed by atoms with Crippen LogP contribution in [0.5, 0.6) is 0 Å². The summed E-state index contributed by atoms with van der Waals surface area (Å²) in [4.78, 5) is 10.1. The summed E-state index contributed by atoms with van der Waals surface area (Å²) in [5.74, 6) is 0. The zero-order chi connectivity index (χ0) is 15.2. The van der Waals surface area contributed by atoms with Gasteiger partial charge >= 0.3 is 0 Å². The third-order valence-electron chi connectivity index (χ3n) is 3.41. The van der Waals surface area contributed by atoms with E-state index in [1.807, 2.05) is 22.7 Å². The number of thiophene rings is 1. The molecule has 0 saturated heterocycles. The average molecular weight is 324 g/mol. The Kier molecular flexibility index (Phi) is 6.21. The zero-order valence-corrected chi connectivity index (χ0v) is 15.0. The molecular weight excluding hydrogens is 298 g/mol. The number of aromatic nitrogens is 1. The third kappa shape index (κ3) is 4.28. The molecule has 21 heavy (non-hydrogen) atoms. The van der Waals surface area contributed by atoms with Crippen LogP contribution >= 0.6 is 22.7 Å². The molecule has 116 valence electrons. The normalized spacial score (nSPS) is 11.3. The number of anilines is 1. The highest BCUT2D eigenvalue weighted by atomic mass is 32.1. The number of hydrogen-bond donors (Lipinski definition) is 1. The number of hydrogen-bond acceptors (Lipinski definition) is 5. The van der Waals surface area contributed by atoms with Gasteiger partial charge in [0.05, 0.1) is 12.2 Å². The van der Waals surface area contributed by atoms with Crippen LogP contribution in [0.2, 0.25) is 0 Å². The highest BCUT2D eigenvalue weighted by molar-refractivity contribution is 7.15. The van der Waals surface area contributed by atoms with Gasteiger partial charge in [0.15, 0.2) is 5.13 Å². The van der Waals surface area contributed by atoms with Crippen LogP contribution in [0.15, 0.2) is 17.5 Å². The molecule has 1 N–H and O–H groups in total. The SMILES string of the molecule is CCNCc1sc(N(Cc2cccs2)C(C)C)nc1CC. The first-order chi connectivity index (χ1) is 10.2. The van der Waals surface area contributed by atoms with Gasteiger partial charge in [-0.2, -0.15) is 0 Å². The lowest BCUT2D eigenvalue weighted by Crippen LogP contribution is -2.29. The minimum Gasteiger partial charge on any atom is -0.341 e. The van der Waals surface area contributed by atoms with Crippen molar-refractivity contribution in [1.29, 1.82) is 0 Å². The van der Waals surface area contributed by atoms with Crippen molar-refractivity contribution in [3.63, 3.8) is 0 Å². The molecule has 0 bridgehead atoms. The van der Waals surface area contributed by atoms with E-state index < -0.39 is 0 Å². The Morgan fingerprint density at radius 1 is 1.33 bits per heavy atom. The minimum atomic E-state index is 0.454. The summed E-state index contributed by atoms with van der Waals surface area (Å²) in [6.45, 7) is 11.7. The van der Waals surface area contributed by atoms with Crippen LogP contribution in [0.4, 0.5) is 5.13 Å². The molecule has 0 amide bonds. The van der Waals surface area contributed by atoms with Crippen LogP contribution in [-0.2, 0) is 19.5 Å². The summed E-state index contributed by atoms with van der Waals surface area (Å²) in [6.07, 6.45) is 1.00. The maximum Gasteiger partial charge on any atom is 0.186 e. The van der Waals surface area contributed by atoms with Crippen LogP contribution in [-0.4, -0.2) is 17.6 Å². The van der Waals surface area contributed by atoms with E-state index in [0.717, 1.165) is 31.2 Å². The van der Waals surface area contributed by atoms with Gasteiger partial charge < -0.3 is 10.2 Å². The molecule has 0 aliphatic carbocycles. The second kappa shape index (κ2) is 7.92. The number of nitrogens with one attached hydrogen (secondary N) is 1. The Labute approximate surface area is 136 Å². The summed E-state index contributed by atoms with van der Waals surface area (Å²) >= 11 is 3.66. The van der Waals surface area contributed by atoms with Crippen molar-refractivity contribution in [2.24, 2.45) is 0 Å². The summed E-state index contributed by atoms with van der Waals surface area (Å²) in [5.41, 5.74) is 1.24. The zero-order valence-electron chi connectivity index (χ0n) is 13.3. The highest BCUT2D eigenvalue weighted by Gasteiger charge is 2.18. The monoisotopic (exact) mass is 323 g/mol. The number of aryl methyl sites for hydroxylation is 1. The van der Waals surface area contributed by atoms with Gasteiger partial charge in [0.1, 0.15) is 0 Å². The van der Waals surface area contributed by atoms with Gasteiger partial charge in [-0.1, -0.05) is 19.9 Å². The lowest BCUT2D eigenvalue weighted by atomic mass is 10.3. The molecule has 3 nitrogen and oxygen atoms in total. The summed E-state index contributed by atoms with van der Waals surface area (Å²) in [6, 6.07) is 4.78. The van der Waals surface area contributed by atoms with E-state index in [9.17, 15) is 0 Å². The van der Waals surface area contributed by atoms with Gasteiger partial charge in [0.25, 0.3) is 0 Å². The lowest BCUT2D eigenvalue weighted by Gasteiger charge is -2.25. The Balaban J connectivity index is 2.21. The van der Waals surface area contributed by atoms with Gasteiger partial charge in [0.2, 0.25) is 0 Å².